The molecule has 1 N–H and O–H groups in total. The maximum Gasteiger partial charge on any atom is 0.0607 e. The summed E-state index contributed by atoms with van der Waals surface area (Å²) in [4.78, 5) is 2.70. The lowest BCUT2D eigenvalue weighted by Crippen LogP contribution is -2.58. The van der Waals surface area contributed by atoms with Crippen molar-refractivity contribution in [3.8, 4) is 11.1 Å². The van der Waals surface area contributed by atoms with Gasteiger partial charge in [-0.05, 0) is 77.8 Å². The summed E-state index contributed by atoms with van der Waals surface area (Å²) in [5.74, 6) is 2.33. The van der Waals surface area contributed by atoms with Crippen LogP contribution in [0.4, 0.5) is 11.4 Å². The summed E-state index contributed by atoms with van der Waals surface area (Å²) in [7, 11) is 2.08. The number of nitrogens with zero attached hydrogens (tertiary/aromatic N) is 1. The Bertz CT molecular complexity index is 850. The first-order valence-electron chi connectivity index (χ1n) is 11.8. The molecule has 2 aromatic rings. The first kappa shape index (κ1) is 20.3. The molecule has 2 aliphatic rings. The predicted octanol–water partition coefficient (Wildman–Crippen LogP) is 7.10. The van der Waals surface area contributed by atoms with Gasteiger partial charge < -0.3 is 10.2 Å². The molecule has 1 aliphatic carbocycles. The van der Waals surface area contributed by atoms with Crippen LogP contribution in [-0.2, 0) is 6.42 Å². The average Bonchev–Trinajstić information content (AvgIpc) is 3.56. The lowest BCUT2D eigenvalue weighted by molar-refractivity contribution is 0.210. The van der Waals surface area contributed by atoms with E-state index in [-0.39, 0.29) is 0 Å². The summed E-state index contributed by atoms with van der Waals surface area (Å²) in [6.07, 6.45) is 6.32. The van der Waals surface area contributed by atoms with Gasteiger partial charge in [-0.25, -0.2) is 0 Å². The Kier molecular flexibility index (Phi) is 5.90. The summed E-state index contributed by atoms with van der Waals surface area (Å²) in [6.45, 7) is 10.6. The Labute approximate surface area is 177 Å². The molecule has 2 unspecified atom stereocenters. The van der Waals surface area contributed by atoms with Crippen LogP contribution in [0.5, 0.6) is 0 Å². The topological polar surface area (TPSA) is 15.3 Å². The number of nitrogens with one attached hydrogen (secondary N) is 1. The van der Waals surface area contributed by atoms with Gasteiger partial charge in [0.15, 0.2) is 0 Å². The van der Waals surface area contributed by atoms with Crippen LogP contribution in [0.2, 0.25) is 0 Å². The second-order valence-corrected chi connectivity index (χ2v) is 9.41. The van der Waals surface area contributed by atoms with E-state index < -0.39 is 0 Å². The van der Waals surface area contributed by atoms with Crippen LogP contribution in [0.15, 0.2) is 36.4 Å². The zero-order chi connectivity index (χ0) is 20.5. The van der Waals surface area contributed by atoms with Crippen LogP contribution in [0.25, 0.3) is 11.1 Å². The minimum atomic E-state index is 0.688. The molecule has 2 aromatic carbocycles. The molecule has 0 aromatic heterocycles. The van der Waals surface area contributed by atoms with Crippen molar-refractivity contribution in [2.75, 3.05) is 23.8 Å². The molecule has 1 heterocycles. The number of aryl methyl sites for hydroxylation is 1. The van der Waals surface area contributed by atoms with Crippen LogP contribution < -0.4 is 10.2 Å². The molecular formula is C27H38N2. The van der Waals surface area contributed by atoms with Gasteiger partial charge in [-0.15, -0.1) is 0 Å². The Hall–Kier alpha value is -1.96. The van der Waals surface area contributed by atoms with Gasteiger partial charge >= 0.3 is 0 Å². The van der Waals surface area contributed by atoms with Gasteiger partial charge in [0.1, 0.15) is 0 Å². The monoisotopic (exact) mass is 390 g/mol. The Morgan fingerprint density at radius 1 is 1.07 bits per heavy atom. The standard InChI is InChI=1S/C27H38N2/c1-6-10-26-24(18(3)4)17-29(26)27-16-22(20-13-14-20)23(15-25(27)28-5)21-12-9-8-11-19(21)7-2/h8-9,11-12,15-16,18,20,24,26,28H,6-7,10,13-14,17H2,1-5H3. The molecule has 1 saturated carbocycles. The lowest BCUT2D eigenvalue weighted by Gasteiger charge is -2.52. The van der Waals surface area contributed by atoms with Gasteiger partial charge in [0, 0.05) is 19.6 Å². The average molecular weight is 391 g/mol. The highest BCUT2D eigenvalue weighted by molar-refractivity contribution is 5.83. The van der Waals surface area contributed by atoms with Gasteiger partial charge in [-0.3, -0.25) is 0 Å². The van der Waals surface area contributed by atoms with Crippen molar-refractivity contribution >= 4 is 11.4 Å². The fourth-order valence-electron chi connectivity index (χ4n) is 5.27. The van der Waals surface area contributed by atoms with Crippen LogP contribution >= 0.6 is 0 Å². The highest BCUT2D eigenvalue weighted by Gasteiger charge is 2.41. The van der Waals surface area contributed by atoms with Crippen molar-refractivity contribution in [2.24, 2.45) is 11.8 Å². The summed E-state index contributed by atoms with van der Waals surface area (Å²) in [6, 6.07) is 14.7. The second-order valence-electron chi connectivity index (χ2n) is 9.41. The molecule has 1 saturated heterocycles. The third kappa shape index (κ3) is 3.79. The molecule has 156 valence electrons. The van der Waals surface area contributed by atoms with Gasteiger partial charge in [0.25, 0.3) is 0 Å². The molecule has 0 bridgehead atoms. The molecule has 0 amide bonds. The fourth-order valence-corrected chi connectivity index (χ4v) is 5.27. The van der Waals surface area contributed by atoms with Crippen molar-refractivity contribution < 1.29 is 0 Å². The highest BCUT2D eigenvalue weighted by atomic mass is 15.2. The van der Waals surface area contributed by atoms with Crippen LogP contribution in [0.3, 0.4) is 0 Å². The normalized spacial score (nSPS) is 21.4. The highest BCUT2D eigenvalue weighted by Crippen LogP contribution is 2.50. The number of rotatable bonds is 8. The van der Waals surface area contributed by atoms with E-state index >= 15 is 0 Å². The van der Waals surface area contributed by atoms with E-state index in [0.29, 0.717) is 6.04 Å². The predicted molar refractivity (Wildman–Crippen MR) is 127 cm³/mol. The van der Waals surface area contributed by atoms with Crippen molar-refractivity contribution in [2.45, 2.75) is 71.8 Å². The molecule has 0 spiro atoms. The smallest absolute Gasteiger partial charge is 0.0607 e. The molecule has 2 heteroatoms. The minimum Gasteiger partial charge on any atom is -0.386 e. The molecule has 1 aliphatic heterocycles. The molecule has 2 atom stereocenters. The van der Waals surface area contributed by atoms with Gasteiger partial charge in [-0.1, -0.05) is 58.4 Å². The summed E-state index contributed by atoms with van der Waals surface area (Å²) in [5, 5.41) is 3.54. The Morgan fingerprint density at radius 2 is 1.83 bits per heavy atom. The van der Waals surface area contributed by atoms with Crippen LogP contribution in [-0.4, -0.2) is 19.6 Å². The number of benzene rings is 2. The zero-order valence-corrected chi connectivity index (χ0v) is 19.0. The fraction of sp³-hybridized carbons (Fsp3) is 0.556. The molecule has 0 radical (unpaired) electrons. The van der Waals surface area contributed by atoms with Crippen LogP contribution in [0.1, 0.15) is 70.4 Å². The SMILES string of the molecule is CCCC1C(C(C)C)CN1c1cc(C2CC2)c(-c2ccccc2CC)cc1NC. The van der Waals surface area contributed by atoms with E-state index in [2.05, 4.69) is 81.4 Å². The first-order valence-corrected chi connectivity index (χ1v) is 11.8. The van der Waals surface area contributed by atoms with E-state index in [1.807, 2.05) is 0 Å². The number of anilines is 2. The van der Waals surface area contributed by atoms with Crippen molar-refractivity contribution in [1.82, 2.24) is 0 Å². The zero-order valence-electron chi connectivity index (χ0n) is 19.0. The molecule has 4 rings (SSSR count). The van der Waals surface area contributed by atoms with Gasteiger partial charge in [0.05, 0.1) is 11.4 Å². The van der Waals surface area contributed by atoms with E-state index in [4.69, 9.17) is 0 Å². The number of hydrogen-bond donors (Lipinski definition) is 1. The van der Waals surface area contributed by atoms with Crippen molar-refractivity contribution in [3.05, 3.63) is 47.5 Å². The molecule has 2 nitrogen and oxygen atoms in total. The molecular weight excluding hydrogens is 352 g/mol. The summed E-state index contributed by atoms with van der Waals surface area (Å²) >= 11 is 0. The first-order chi connectivity index (χ1) is 14.1. The third-order valence-electron chi connectivity index (χ3n) is 7.20. The molecule has 29 heavy (non-hydrogen) atoms. The summed E-state index contributed by atoms with van der Waals surface area (Å²) in [5.41, 5.74) is 8.63. The molecule has 2 fully saturated rings. The van der Waals surface area contributed by atoms with Gasteiger partial charge in [0.2, 0.25) is 0 Å². The van der Waals surface area contributed by atoms with E-state index in [1.54, 1.807) is 5.56 Å². The Balaban J connectivity index is 1.78. The minimum absolute atomic E-state index is 0.688. The van der Waals surface area contributed by atoms with Crippen LogP contribution in [0, 0.1) is 11.8 Å². The maximum atomic E-state index is 3.54. The summed E-state index contributed by atoms with van der Waals surface area (Å²) < 4.78 is 0. The van der Waals surface area contributed by atoms with E-state index in [1.165, 1.54) is 60.3 Å². The van der Waals surface area contributed by atoms with Crippen molar-refractivity contribution in [3.63, 3.8) is 0 Å². The van der Waals surface area contributed by atoms with Gasteiger partial charge in [-0.2, -0.15) is 0 Å². The maximum absolute atomic E-state index is 3.54. The second kappa shape index (κ2) is 8.42. The quantitative estimate of drug-likeness (QED) is 0.517. The largest absolute Gasteiger partial charge is 0.386 e. The van der Waals surface area contributed by atoms with Crippen molar-refractivity contribution in [1.29, 1.82) is 0 Å². The third-order valence-corrected chi connectivity index (χ3v) is 7.20. The van der Waals surface area contributed by atoms with E-state index in [0.717, 1.165) is 24.2 Å². The van der Waals surface area contributed by atoms with E-state index in [9.17, 15) is 0 Å². The Morgan fingerprint density at radius 3 is 2.45 bits per heavy atom. The number of hydrogen-bond acceptors (Lipinski definition) is 2. The lowest BCUT2D eigenvalue weighted by atomic mass is 9.77.